The van der Waals surface area contributed by atoms with Gasteiger partial charge in [-0.15, -0.1) is 11.6 Å². The number of piperidine rings is 4. The summed E-state index contributed by atoms with van der Waals surface area (Å²) in [6.45, 7) is 2.17. The number of rotatable bonds is 3. The van der Waals surface area contributed by atoms with E-state index in [9.17, 15) is 9.90 Å². The van der Waals surface area contributed by atoms with E-state index in [1.807, 2.05) is 0 Å². The molecule has 6 aliphatic rings. The van der Waals surface area contributed by atoms with Crippen LogP contribution in [-0.4, -0.2) is 59.4 Å². The normalized spacial score (nSPS) is 49.3. The van der Waals surface area contributed by atoms with Crippen molar-refractivity contribution in [1.29, 1.82) is 0 Å². The maximum Gasteiger partial charge on any atom is 0.321 e. The van der Waals surface area contributed by atoms with Crippen LogP contribution in [0, 0.1) is 17.8 Å². The molecule has 4 saturated heterocycles. The fourth-order valence-electron chi connectivity index (χ4n) is 8.20. The fourth-order valence-corrected chi connectivity index (χ4v) is 8.26. The van der Waals surface area contributed by atoms with Gasteiger partial charge in [-0.05, 0) is 36.8 Å². The molecule has 5 bridgehead atoms. The Morgan fingerprint density at radius 2 is 2.14 bits per heavy atom. The Balaban J connectivity index is 1.57. The molecule has 1 spiro atoms. The molecule has 10 atom stereocenters. The number of hydrogen-bond acceptors (Lipinski definition) is 5. The summed E-state index contributed by atoms with van der Waals surface area (Å²) >= 11 is 5.87. The van der Waals surface area contributed by atoms with Crippen LogP contribution in [0.3, 0.4) is 0 Å². The highest BCUT2D eigenvalue weighted by Gasteiger charge is 2.77. The number of fused-ring (bicyclic) bond motifs is 2. The Morgan fingerprint density at radius 3 is 2.89 bits per heavy atom. The van der Waals surface area contributed by atoms with Crippen molar-refractivity contribution in [3.8, 4) is 0 Å². The number of halogens is 1. The monoisotopic (exact) mass is 402 g/mol. The number of nitrogens with zero attached hydrogens (tertiary/aromatic N) is 2. The Kier molecular flexibility index (Phi) is 3.54. The van der Waals surface area contributed by atoms with E-state index in [-0.39, 0.29) is 53.5 Å². The number of carbonyl (C=O) groups excluding carboxylic acids is 1. The van der Waals surface area contributed by atoms with Crippen LogP contribution < -0.4 is 4.90 Å². The standard InChI is InChI=1S/C22H27ClN2O3/c1-3-11-12-8-15-19-22(13-6-4-5-7-14(13)24(19)2)9-16(25(15)21(11)27)18(12)20(22)28-17(26)10-23/h4-7,11-12,15-16,18-21,27H,3,8-10H2,1-2H3/t11-,12+,15-,16-,18?,19-,20+,21+,22+/m0/s1. The van der Waals surface area contributed by atoms with Crippen molar-refractivity contribution < 1.29 is 14.6 Å². The molecule has 5 fully saturated rings. The van der Waals surface area contributed by atoms with Crippen LogP contribution in [0.2, 0.25) is 0 Å². The van der Waals surface area contributed by atoms with E-state index >= 15 is 0 Å². The van der Waals surface area contributed by atoms with Gasteiger partial charge in [0, 0.05) is 36.7 Å². The van der Waals surface area contributed by atoms with Gasteiger partial charge in [0.1, 0.15) is 18.2 Å². The number of benzene rings is 1. The van der Waals surface area contributed by atoms with Gasteiger partial charge in [0.2, 0.25) is 0 Å². The lowest BCUT2D eigenvalue weighted by atomic mass is 9.62. The number of anilines is 1. The molecular formula is C22H27ClN2O3. The predicted molar refractivity (Wildman–Crippen MR) is 106 cm³/mol. The summed E-state index contributed by atoms with van der Waals surface area (Å²) < 4.78 is 6.19. The summed E-state index contributed by atoms with van der Waals surface area (Å²) in [7, 11) is 2.17. The van der Waals surface area contributed by atoms with Crippen LogP contribution in [-0.2, 0) is 14.9 Å². The molecule has 6 heteroatoms. The molecule has 0 amide bonds. The number of ether oxygens (including phenoxy) is 1. The number of likely N-dealkylation sites (N-methyl/N-ethyl adjacent to an activating group) is 1. The minimum absolute atomic E-state index is 0.107. The average molecular weight is 403 g/mol. The number of esters is 1. The van der Waals surface area contributed by atoms with Crippen LogP contribution in [0.15, 0.2) is 24.3 Å². The van der Waals surface area contributed by atoms with E-state index in [0.717, 1.165) is 19.3 Å². The van der Waals surface area contributed by atoms with Crippen LogP contribution >= 0.6 is 11.6 Å². The third kappa shape index (κ3) is 1.76. The Hall–Kier alpha value is -1.30. The quantitative estimate of drug-likeness (QED) is 0.621. The zero-order chi connectivity index (χ0) is 19.4. The number of aliphatic hydroxyl groups excluding tert-OH is 1. The highest BCUT2D eigenvalue weighted by Crippen LogP contribution is 2.69. The van der Waals surface area contributed by atoms with E-state index < -0.39 is 0 Å². The largest absolute Gasteiger partial charge is 0.460 e. The van der Waals surface area contributed by atoms with E-state index in [1.54, 1.807) is 0 Å². The van der Waals surface area contributed by atoms with Gasteiger partial charge in [-0.2, -0.15) is 0 Å². The zero-order valence-corrected chi connectivity index (χ0v) is 17.0. The maximum atomic E-state index is 12.4. The highest BCUT2D eigenvalue weighted by atomic mass is 35.5. The van der Waals surface area contributed by atoms with Crippen molar-refractivity contribution in [2.45, 2.75) is 62.1 Å². The number of aliphatic hydroxyl groups is 1. The Bertz CT molecular complexity index is 849. The smallest absolute Gasteiger partial charge is 0.321 e. The van der Waals surface area contributed by atoms with Crippen LogP contribution in [0.4, 0.5) is 5.69 Å². The summed E-state index contributed by atoms with van der Waals surface area (Å²) in [6.07, 6.45) is 2.44. The van der Waals surface area contributed by atoms with Gasteiger partial charge in [-0.25, -0.2) is 0 Å². The lowest BCUT2D eigenvalue weighted by Crippen LogP contribution is -2.72. The third-order valence-corrected chi connectivity index (χ3v) is 9.01. The van der Waals surface area contributed by atoms with E-state index in [1.165, 1.54) is 11.3 Å². The zero-order valence-electron chi connectivity index (χ0n) is 16.3. The summed E-state index contributed by atoms with van der Waals surface area (Å²) in [4.78, 5) is 17.2. The molecule has 1 aliphatic carbocycles. The molecule has 1 aromatic rings. The summed E-state index contributed by atoms with van der Waals surface area (Å²) in [6, 6.07) is 9.40. The maximum absolute atomic E-state index is 12.4. The average Bonchev–Trinajstić information content (AvgIpc) is 3.10. The van der Waals surface area contributed by atoms with Crippen molar-refractivity contribution in [2.75, 3.05) is 17.8 Å². The van der Waals surface area contributed by atoms with Gasteiger partial charge >= 0.3 is 5.97 Å². The van der Waals surface area contributed by atoms with Gasteiger partial charge in [0.25, 0.3) is 0 Å². The molecule has 5 heterocycles. The molecule has 7 rings (SSSR count). The number of carbonyl (C=O) groups is 1. The molecule has 1 saturated carbocycles. The lowest BCUT2D eigenvalue weighted by Gasteiger charge is -2.62. The Morgan fingerprint density at radius 1 is 1.36 bits per heavy atom. The van der Waals surface area contributed by atoms with Crippen molar-refractivity contribution >= 4 is 23.3 Å². The summed E-state index contributed by atoms with van der Waals surface area (Å²) in [5.41, 5.74) is 2.36. The lowest BCUT2D eigenvalue weighted by molar-refractivity contribution is -0.212. The van der Waals surface area contributed by atoms with Crippen molar-refractivity contribution in [2.24, 2.45) is 17.8 Å². The number of para-hydroxylation sites is 1. The first-order valence-electron chi connectivity index (χ1n) is 10.6. The van der Waals surface area contributed by atoms with E-state index in [4.69, 9.17) is 16.3 Å². The first-order chi connectivity index (χ1) is 13.5. The third-order valence-electron chi connectivity index (χ3n) is 8.79. The molecule has 1 N–H and O–H groups in total. The van der Waals surface area contributed by atoms with Gasteiger partial charge in [0.05, 0.1) is 11.5 Å². The van der Waals surface area contributed by atoms with Crippen molar-refractivity contribution in [1.82, 2.24) is 4.90 Å². The SMILES string of the molecule is CC[C@@H]1[C@@H](O)N2[C@H]3C[C@@]45c6ccccc6N(C)[C@H]4[C@@H]2C[C@H]1C3[C@H]5OC(=O)CCl. The van der Waals surface area contributed by atoms with Crippen molar-refractivity contribution in [3.05, 3.63) is 29.8 Å². The number of hydrogen-bond donors (Lipinski definition) is 1. The fraction of sp³-hybridized carbons (Fsp3) is 0.682. The predicted octanol–water partition coefficient (Wildman–Crippen LogP) is 2.34. The minimum Gasteiger partial charge on any atom is -0.460 e. The van der Waals surface area contributed by atoms with Gasteiger partial charge in [-0.3, -0.25) is 9.69 Å². The second-order valence-electron chi connectivity index (χ2n) is 9.41. The minimum atomic E-state index is -0.382. The van der Waals surface area contributed by atoms with Gasteiger partial charge < -0.3 is 14.7 Å². The van der Waals surface area contributed by atoms with Gasteiger partial charge in [-0.1, -0.05) is 25.1 Å². The molecule has 5 aliphatic heterocycles. The molecule has 150 valence electrons. The van der Waals surface area contributed by atoms with Crippen molar-refractivity contribution in [3.63, 3.8) is 0 Å². The molecule has 28 heavy (non-hydrogen) atoms. The molecule has 5 nitrogen and oxygen atoms in total. The summed E-state index contributed by atoms with van der Waals surface area (Å²) in [5.74, 6) is 0.510. The molecule has 0 radical (unpaired) electrons. The summed E-state index contributed by atoms with van der Waals surface area (Å²) in [5, 5.41) is 11.2. The second kappa shape index (κ2) is 5.65. The van der Waals surface area contributed by atoms with E-state index in [2.05, 4.69) is 48.0 Å². The molecule has 1 aromatic carbocycles. The highest BCUT2D eigenvalue weighted by molar-refractivity contribution is 6.26. The topological polar surface area (TPSA) is 53.0 Å². The van der Waals surface area contributed by atoms with Crippen LogP contribution in [0.25, 0.3) is 0 Å². The number of alkyl halides is 1. The molecule has 0 aromatic heterocycles. The second-order valence-corrected chi connectivity index (χ2v) is 9.67. The van der Waals surface area contributed by atoms with Crippen LogP contribution in [0.1, 0.15) is 31.7 Å². The first-order valence-corrected chi connectivity index (χ1v) is 11.1. The van der Waals surface area contributed by atoms with E-state index in [0.29, 0.717) is 12.0 Å². The molecular weight excluding hydrogens is 376 g/mol. The first kappa shape index (κ1) is 17.5. The van der Waals surface area contributed by atoms with Crippen LogP contribution in [0.5, 0.6) is 0 Å². The van der Waals surface area contributed by atoms with Gasteiger partial charge in [0.15, 0.2) is 0 Å². The Labute approximate surface area is 170 Å². The molecule has 2 unspecified atom stereocenters.